The number of hydrogen-bond acceptors (Lipinski definition) is 5. The maximum Gasteiger partial charge on any atom is 0 e. The number of nitrogens with one attached hydrogen (secondary N) is 2. The van der Waals surface area contributed by atoms with E-state index in [4.69, 9.17) is 60.6 Å². The molecule has 11 rings (SSSR count). The number of benzene rings is 6. The van der Waals surface area contributed by atoms with Gasteiger partial charge in [0.25, 0.3) is 0 Å². The minimum Gasteiger partial charge on any atom is -0.0776 e. The zero-order valence-electron chi connectivity index (χ0n) is 46.4. The van der Waals surface area contributed by atoms with Gasteiger partial charge < -0.3 is 19.4 Å². The van der Waals surface area contributed by atoms with Gasteiger partial charge in [-0.3, -0.25) is 0 Å². The smallest absolute Gasteiger partial charge is 0 e. The molecule has 0 aliphatic carbocycles. The molecule has 0 amide bonds. The van der Waals surface area contributed by atoms with Crippen LogP contribution in [0.1, 0.15) is 60.4 Å². The minimum absolute atomic E-state index is 0. The Balaban J connectivity index is 0.000000185. The molecule has 3 aliphatic heterocycles. The van der Waals surface area contributed by atoms with Gasteiger partial charge in [-0.2, -0.15) is 0 Å². The Morgan fingerprint density at radius 3 is 1.24 bits per heavy atom. The van der Waals surface area contributed by atoms with E-state index in [1.165, 1.54) is 32.6 Å². The largest absolute Gasteiger partial charge is 0.0776 e. The maximum atomic E-state index is 6.14. The number of ether oxygens (including phenoxy) is 3. The molecule has 6 aromatic carbocycles. The zero-order chi connectivity index (χ0) is 60.6. The van der Waals surface area contributed by atoms with Crippen molar-refractivity contribution in [2.24, 2.45) is 0 Å². The van der Waals surface area contributed by atoms with Crippen LogP contribution in [0.4, 0.5) is 0 Å². The first-order chi connectivity index (χ1) is 41.2. The van der Waals surface area contributed by atoms with Gasteiger partial charge in [0, 0.05) is 105 Å². The van der Waals surface area contributed by atoms with Crippen LogP contribution >= 0.6 is 68.6 Å². The molecule has 86 heavy (non-hydrogen) atoms. The Hall–Kier alpha value is -6.40. The fraction of sp³-hybridized carbons (Fsp3) is 0.125. The third-order valence-corrected chi connectivity index (χ3v) is 26.0. The number of hydrogen-bond donors (Lipinski definition) is 2. The molecule has 1 unspecified atom stereocenters. The molecule has 1 atom stereocenters. The molecule has 0 saturated carbocycles. The van der Waals surface area contributed by atoms with Crippen LogP contribution in [0.2, 0.25) is 0 Å². The number of halogens is 4. The molecule has 0 spiro atoms. The summed E-state index contributed by atoms with van der Waals surface area (Å²) in [6.45, 7) is 8.70. The molecule has 410 valence electrons. The minimum atomic E-state index is -3.11. The summed E-state index contributed by atoms with van der Waals surface area (Å²) in [7, 11) is 31.8. The Bertz CT molecular complexity index is 3630. The Morgan fingerprint density at radius 2 is 0.884 bits per heavy atom. The number of rotatable bonds is 9. The van der Waals surface area contributed by atoms with Crippen molar-refractivity contribution in [2.45, 2.75) is 32.3 Å². The number of imidazole rings is 2. The molecule has 5 heterocycles. The second-order valence-corrected chi connectivity index (χ2v) is 30.6. The summed E-state index contributed by atoms with van der Waals surface area (Å²) in [6, 6.07) is 51.6. The van der Waals surface area contributed by atoms with Gasteiger partial charge in [0.1, 0.15) is 11.5 Å². The SMILES string of the molecule is Brc1ccc2c(c1)/C(=C/c1cnc[nH]1)CCO2.Brc1ccc2c(c1)/C(=C\c1cnc[nH]1)CCO2.Brc1ccc2c(c1)C(P(Br)(c1ccccc1)(c1ccccc1)c1ccccc1)CCO2.C.C=C=C=C=C=C=C=C=C=C.[B]B([B])B(B([B])[B])B([B])[B]. The van der Waals surface area contributed by atoms with Crippen molar-refractivity contribution in [1.29, 1.82) is 0 Å². The van der Waals surface area contributed by atoms with E-state index in [-0.39, 0.29) is 13.1 Å². The van der Waals surface area contributed by atoms with Crippen LogP contribution in [0.3, 0.4) is 0 Å². The van der Waals surface area contributed by atoms with Gasteiger partial charge in [-0.05, 0) is 107 Å². The van der Waals surface area contributed by atoms with E-state index < -0.39 is 30.8 Å². The number of aromatic amines is 2. The third kappa shape index (κ3) is 17.9. The molecule has 8 aromatic rings. The topological polar surface area (TPSA) is 85.1 Å². The summed E-state index contributed by atoms with van der Waals surface area (Å²) in [4.78, 5) is 14.2. The Labute approximate surface area is 549 Å². The van der Waals surface area contributed by atoms with Gasteiger partial charge in [-0.15, -0.1) is 0 Å². The molecule has 7 nitrogen and oxygen atoms in total. The first-order valence-electron chi connectivity index (χ1n) is 26.8. The van der Waals surface area contributed by atoms with Crippen molar-refractivity contribution in [2.75, 3.05) is 19.8 Å². The van der Waals surface area contributed by atoms with Gasteiger partial charge in [-0.25, -0.2) is 9.97 Å². The van der Waals surface area contributed by atoms with Gasteiger partial charge in [0.05, 0.1) is 49.6 Å². The summed E-state index contributed by atoms with van der Waals surface area (Å²) in [5.74, 6) is 2.88. The molecular formula is C64H53B10Br4N4O3P. The van der Waals surface area contributed by atoms with Gasteiger partial charge >= 0.3 is 201 Å². The van der Waals surface area contributed by atoms with E-state index in [0.717, 1.165) is 85.7 Å². The van der Waals surface area contributed by atoms with Crippen LogP contribution in [0.25, 0.3) is 23.3 Å². The number of fused-ring (bicyclic) bond motifs is 3. The second kappa shape index (κ2) is 34.2. The summed E-state index contributed by atoms with van der Waals surface area (Å²) < 4.78 is 20.6. The summed E-state index contributed by atoms with van der Waals surface area (Å²) in [5, 5.41) is 0.899. The van der Waals surface area contributed by atoms with Crippen LogP contribution in [-0.2, 0) is 0 Å². The summed E-state index contributed by atoms with van der Waals surface area (Å²) >= 11 is 15.3. The Kier molecular flexibility index (Phi) is 27.3. The van der Waals surface area contributed by atoms with E-state index in [1.54, 1.807) is 12.7 Å². The quantitative estimate of drug-likeness (QED) is 0.0854. The third-order valence-electron chi connectivity index (χ3n) is 13.7. The van der Waals surface area contributed by atoms with Crippen molar-refractivity contribution >= 4 is 180 Å². The standard InChI is InChI=1S/C27H23Br2OP.2C13H11BrN2O.C10H4.CH4.B10/c28-21-16-17-26-25(20-21)27(18-19-30-26)31(29,22-10-4-1-5-11-22,23-12-6-2-7-13-23)24-14-8-3-9-15-24;2*14-10-1-2-13-12(6-10)9(3-4-17-13)5-11-7-15-8-16-11;1-3-5-7-9-10-8-6-4-2;;1-7(2)10(8(3)4)9(5)6/h1-17,20,27H,18-19H2;2*1-2,5-8H,3-4H2,(H,15,16);1-2H2;1H4;/b;9-5+;9-5-;;;. The average molecular weight is 1380 g/mol. The van der Waals surface area contributed by atoms with Crippen LogP contribution in [-0.4, -0.2) is 112 Å². The molecule has 0 bridgehead atoms. The fourth-order valence-electron chi connectivity index (χ4n) is 9.92. The predicted octanol–water partition coefficient (Wildman–Crippen LogP) is 13.0. The maximum absolute atomic E-state index is 6.14. The molecule has 2 N–H and O–H groups in total. The van der Waals surface area contributed by atoms with Gasteiger partial charge in [-0.1, -0.05) is 50.7 Å². The number of aromatic nitrogens is 4. The Morgan fingerprint density at radius 1 is 0.512 bits per heavy atom. The van der Waals surface area contributed by atoms with Gasteiger partial charge in [0.2, 0.25) is 0 Å². The van der Waals surface area contributed by atoms with Gasteiger partial charge in [0.15, 0.2) is 0 Å². The molecule has 22 heteroatoms. The van der Waals surface area contributed by atoms with Crippen LogP contribution in [0.15, 0.2) is 243 Å². The van der Waals surface area contributed by atoms with Crippen molar-refractivity contribution in [3.05, 3.63) is 271 Å². The molecule has 12 radical (unpaired) electrons. The average Bonchev–Trinajstić information content (AvgIpc) is 0.847. The molecule has 0 fully saturated rings. The summed E-state index contributed by atoms with van der Waals surface area (Å²) in [5.41, 5.74) is 27.8. The van der Waals surface area contributed by atoms with E-state index >= 15 is 0 Å². The van der Waals surface area contributed by atoms with E-state index in [1.807, 2.05) is 36.7 Å². The van der Waals surface area contributed by atoms with Crippen LogP contribution < -0.4 is 30.1 Å². The first-order valence-corrected chi connectivity index (χ1v) is 33.5. The molecular weight excluding hydrogens is 1330 g/mol. The van der Waals surface area contributed by atoms with E-state index in [0.29, 0.717) is 6.61 Å². The number of H-pyrrole nitrogens is 2. The first kappa shape index (κ1) is 68.7. The van der Waals surface area contributed by atoms with E-state index in [2.05, 4.69) is 276 Å². The molecule has 3 aliphatic rings. The van der Waals surface area contributed by atoms with E-state index in [9.17, 15) is 0 Å². The van der Waals surface area contributed by atoms with Crippen LogP contribution in [0, 0.1) is 0 Å². The zero-order valence-corrected chi connectivity index (χ0v) is 53.6. The van der Waals surface area contributed by atoms with Crippen molar-refractivity contribution in [3.63, 3.8) is 0 Å². The summed E-state index contributed by atoms with van der Waals surface area (Å²) in [6.07, 6.45) is 11.6. The monoisotopic (exact) mass is 1380 g/mol. The van der Waals surface area contributed by atoms with Crippen molar-refractivity contribution < 1.29 is 14.2 Å². The number of nitrogens with zero attached hydrogens (tertiary/aromatic N) is 2. The molecule has 0 saturated heterocycles. The molecule has 2 aromatic heterocycles. The normalized spacial score (nSPS) is 14.1. The van der Waals surface area contributed by atoms with Crippen LogP contribution in [0.5, 0.6) is 17.2 Å². The second-order valence-electron chi connectivity index (χ2n) is 19.2. The van der Waals surface area contributed by atoms with Crippen molar-refractivity contribution in [3.8, 4) is 17.2 Å². The fourth-order valence-corrected chi connectivity index (χ4v) is 20.0. The van der Waals surface area contributed by atoms with Crippen molar-refractivity contribution in [1.82, 2.24) is 19.9 Å². The predicted molar refractivity (Wildman–Crippen MR) is 386 cm³/mol.